The van der Waals surface area contributed by atoms with E-state index in [1.54, 1.807) is 13.8 Å². The fourth-order valence-corrected chi connectivity index (χ4v) is 2.87. The molecule has 0 spiro atoms. The number of carbonyl (C=O) groups is 2. The summed E-state index contributed by atoms with van der Waals surface area (Å²) >= 11 is 0. The molecule has 128 valence electrons. The van der Waals surface area contributed by atoms with Gasteiger partial charge in [0, 0.05) is 17.4 Å². The number of aromatic nitrogens is 1. The number of hydrogen-bond acceptors (Lipinski definition) is 3. The van der Waals surface area contributed by atoms with Crippen LogP contribution in [0.25, 0.3) is 22.2 Å². The van der Waals surface area contributed by atoms with Gasteiger partial charge in [-0.1, -0.05) is 48.5 Å². The Balaban J connectivity index is 2.14. The minimum Gasteiger partial charge on any atom is -0.354 e. The Morgan fingerprint density at radius 3 is 2.36 bits per heavy atom. The second-order valence-corrected chi connectivity index (χ2v) is 5.53. The van der Waals surface area contributed by atoms with Crippen LogP contribution in [0.15, 0.2) is 54.6 Å². The zero-order chi connectivity index (χ0) is 17.8. The fraction of sp³-hybridized carbons (Fsp3) is 0.200. The first-order valence-electron chi connectivity index (χ1n) is 8.32. The fourth-order valence-electron chi connectivity index (χ4n) is 2.87. The van der Waals surface area contributed by atoms with Gasteiger partial charge in [-0.25, -0.2) is 5.06 Å². The summed E-state index contributed by atoms with van der Waals surface area (Å²) in [5.74, 6) is -1.24. The van der Waals surface area contributed by atoms with Crippen LogP contribution in [-0.4, -0.2) is 34.9 Å². The van der Waals surface area contributed by atoms with Crippen molar-refractivity contribution in [3.05, 3.63) is 60.2 Å². The highest BCUT2D eigenvalue weighted by atomic mass is 16.7. The third-order valence-electron chi connectivity index (χ3n) is 3.99. The van der Waals surface area contributed by atoms with Crippen molar-refractivity contribution < 1.29 is 14.4 Å². The number of likely N-dealkylation sites (N-methyl/N-ethyl adjacent to an activating group) is 1. The molecule has 1 N–H and O–H groups in total. The number of para-hydroxylation sites is 1. The van der Waals surface area contributed by atoms with Gasteiger partial charge in [-0.3, -0.25) is 14.4 Å². The number of hydroxylamine groups is 2. The number of rotatable bonds is 6. The van der Waals surface area contributed by atoms with Crippen LogP contribution in [0, 0.1) is 0 Å². The number of Topliss-reactive ketones (excluding diaryl/α,β-unsaturated/α-hetero) is 1. The highest BCUT2D eigenvalue weighted by Crippen LogP contribution is 2.31. The van der Waals surface area contributed by atoms with Gasteiger partial charge >= 0.3 is 5.91 Å². The lowest BCUT2D eigenvalue weighted by atomic mass is 10.0. The van der Waals surface area contributed by atoms with Gasteiger partial charge in [0.2, 0.25) is 0 Å². The number of carbonyl (C=O) groups excluding carboxylic acids is 2. The second kappa shape index (κ2) is 7.32. The smallest absolute Gasteiger partial charge is 0.318 e. The molecule has 1 aromatic heterocycles. The van der Waals surface area contributed by atoms with Crippen molar-refractivity contribution in [3.63, 3.8) is 0 Å². The molecule has 5 nitrogen and oxygen atoms in total. The summed E-state index contributed by atoms with van der Waals surface area (Å²) in [4.78, 5) is 34.2. The van der Waals surface area contributed by atoms with E-state index < -0.39 is 11.7 Å². The van der Waals surface area contributed by atoms with Gasteiger partial charge in [0.1, 0.15) is 0 Å². The number of hydrogen-bond donors (Lipinski definition) is 1. The first-order valence-corrected chi connectivity index (χ1v) is 8.32. The zero-order valence-electron chi connectivity index (χ0n) is 14.3. The molecule has 3 aromatic rings. The molecule has 0 aliphatic carbocycles. The molecule has 0 atom stereocenters. The van der Waals surface area contributed by atoms with Crippen LogP contribution >= 0.6 is 0 Å². The number of ketones is 1. The maximum absolute atomic E-state index is 13.0. The number of nitrogens with zero attached hydrogens (tertiary/aromatic N) is 1. The van der Waals surface area contributed by atoms with Crippen molar-refractivity contribution in [2.24, 2.45) is 0 Å². The van der Waals surface area contributed by atoms with Crippen molar-refractivity contribution in [3.8, 4) is 11.3 Å². The molecule has 25 heavy (non-hydrogen) atoms. The summed E-state index contributed by atoms with van der Waals surface area (Å²) in [7, 11) is 0. The first-order chi connectivity index (χ1) is 12.2. The highest BCUT2D eigenvalue weighted by molar-refractivity contribution is 6.46. The molecule has 0 saturated carbocycles. The van der Waals surface area contributed by atoms with E-state index in [-0.39, 0.29) is 0 Å². The van der Waals surface area contributed by atoms with E-state index in [1.165, 1.54) is 0 Å². The second-order valence-electron chi connectivity index (χ2n) is 5.53. The van der Waals surface area contributed by atoms with E-state index >= 15 is 0 Å². The Kier molecular flexibility index (Phi) is 4.95. The molecule has 0 saturated heterocycles. The van der Waals surface area contributed by atoms with E-state index in [0.717, 1.165) is 21.5 Å². The van der Waals surface area contributed by atoms with Crippen LogP contribution in [0.5, 0.6) is 0 Å². The minimum atomic E-state index is -0.661. The van der Waals surface area contributed by atoms with Crippen molar-refractivity contribution in [1.82, 2.24) is 10.0 Å². The average Bonchev–Trinajstić information content (AvgIpc) is 3.05. The SMILES string of the molecule is CCON(CC)C(=O)C(=O)c1c(-c2ccccc2)[nH]c2ccccc12. The summed E-state index contributed by atoms with van der Waals surface area (Å²) in [5.41, 5.74) is 2.70. The van der Waals surface area contributed by atoms with Gasteiger partial charge in [-0.15, -0.1) is 0 Å². The van der Waals surface area contributed by atoms with Crippen LogP contribution in [0.2, 0.25) is 0 Å². The maximum Gasteiger partial charge on any atom is 0.318 e. The number of fused-ring (bicyclic) bond motifs is 1. The lowest BCUT2D eigenvalue weighted by molar-refractivity contribution is -0.177. The number of benzene rings is 2. The van der Waals surface area contributed by atoms with Crippen LogP contribution in [0.1, 0.15) is 24.2 Å². The Bertz CT molecular complexity index is 900. The molecule has 5 heteroatoms. The molecular weight excluding hydrogens is 316 g/mol. The van der Waals surface area contributed by atoms with E-state index in [9.17, 15) is 9.59 Å². The van der Waals surface area contributed by atoms with Crippen molar-refractivity contribution in [2.75, 3.05) is 13.2 Å². The summed E-state index contributed by atoms with van der Waals surface area (Å²) in [5, 5.41) is 1.84. The summed E-state index contributed by atoms with van der Waals surface area (Å²) in [6, 6.07) is 17.0. The van der Waals surface area contributed by atoms with Gasteiger partial charge in [-0.05, 0) is 25.5 Å². The largest absolute Gasteiger partial charge is 0.354 e. The molecule has 0 unspecified atom stereocenters. The number of aromatic amines is 1. The third-order valence-corrected chi connectivity index (χ3v) is 3.99. The standard InChI is InChI=1S/C20H20N2O3/c1-3-22(25-4-2)20(24)19(23)17-15-12-8-9-13-16(15)21-18(17)14-10-6-5-7-11-14/h5-13,21H,3-4H2,1-2H3. The van der Waals surface area contributed by atoms with Gasteiger partial charge in [0.05, 0.1) is 17.9 Å². The topological polar surface area (TPSA) is 62.4 Å². The van der Waals surface area contributed by atoms with Crippen LogP contribution < -0.4 is 0 Å². The predicted molar refractivity (Wildman–Crippen MR) is 97.1 cm³/mol. The Labute approximate surface area is 146 Å². The highest BCUT2D eigenvalue weighted by Gasteiger charge is 2.28. The lowest BCUT2D eigenvalue weighted by Gasteiger charge is -2.18. The number of nitrogens with one attached hydrogen (secondary N) is 1. The lowest BCUT2D eigenvalue weighted by Crippen LogP contribution is -2.36. The van der Waals surface area contributed by atoms with Gasteiger partial charge in [0.25, 0.3) is 5.78 Å². The van der Waals surface area contributed by atoms with Crippen LogP contribution in [0.3, 0.4) is 0 Å². The van der Waals surface area contributed by atoms with Crippen LogP contribution in [0.4, 0.5) is 0 Å². The third kappa shape index (κ3) is 3.19. The molecule has 0 fully saturated rings. The Hall–Kier alpha value is -2.92. The van der Waals surface area contributed by atoms with E-state index in [2.05, 4.69) is 4.98 Å². The van der Waals surface area contributed by atoms with Gasteiger partial charge < -0.3 is 4.98 Å². The van der Waals surface area contributed by atoms with E-state index in [1.807, 2.05) is 54.6 Å². The monoisotopic (exact) mass is 336 g/mol. The molecule has 0 radical (unpaired) electrons. The summed E-state index contributed by atoms with van der Waals surface area (Å²) in [6.07, 6.45) is 0. The first kappa shape index (κ1) is 16.9. The van der Waals surface area contributed by atoms with Crippen LogP contribution in [-0.2, 0) is 9.63 Å². The van der Waals surface area contributed by atoms with Crippen molar-refractivity contribution in [1.29, 1.82) is 0 Å². The molecule has 1 heterocycles. The van der Waals surface area contributed by atoms with Crippen molar-refractivity contribution in [2.45, 2.75) is 13.8 Å². The summed E-state index contributed by atoms with van der Waals surface area (Å²) < 4.78 is 0. The quantitative estimate of drug-likeness (QED) is 0.423. The molecule has 0 bridgehead atoms. The van der Waals surface area contributed by atoms with Gasteiger partial charge in [-0.2, -0.15) is 0 Å². The molecule has 1 amide bonds. The number of H-pyrrole nitrogens is 1. The molecule has 3 rings (SSSR count). The molecular formula is C20H20N2O3. The number of amides is 1. The van der Waals surface area contributed by atoms with Crippen molar-refractivity contribution >= 4 is 22.6 Å². The maximum atomic E-state index is 13.0. The molecule has 0 aliphatic heterocycles. The Morgan fingerprint density at radius 1 is 1.00 bits per heavy atom. The molecule has 0 aliphatic rings. The summed E-state index contributed by atoms with van der Waals surface area (Å²) in [6.45, 7) is 4.18. The average molecular weight is 336 g/mol. The van der Waals surface area contributed by atoms with E-state index in [0.29, 0.717) is 24.4 Å². The minimum absolute atomic E-state index is 0.307. The normalized spacial score (nSPS) is 10.8. The zero-order valence-corrected chi connectivity index (χ0v) is 14.3. The van der Waals surface area contributed by atoms with Gasteiger partial charge in [0.15, 0.2) is 0 Å². The van der Waals surface area contributed by atoms with E-state index in [4.69, 9.17) is 4.84 Å². The predicted octanol–water partition coefficient (Wildman–Crippen LogP) is 3.82. The molecule has 2 aromatic carbocycles. The Morgan fingerprint density at radius 2 is 1.68 bits per heavy atom.